The van der Waals surface area contributed by atoms with Crippen LogP contribution in [0.25, 0.3) is 0 Å². The molecule has 3 nitrogen and oxygen atoms in total. The van der Waals surface area contributed by atoms with Gasteiger partial charge in [0.1, 0.15) is 0 Å². The number of carbonyl (C=O) groups is 1. The minimum absolute atomic E-state index is 0.00917. The van der Waals surface area contributed by atoms with Crippen molar-refractivity contribution in [2.24, 2.45) is 0 Å². The number of aryl methyl sites for hydroxylation is 2. The average molecular weight is 328 g/mol. The third-order valence-electron chi connectivity index (χ3n) is 4.44. The first-order valence-electron chi connectivity index (χ1n) is 8.37. The molecule has 3 rings (SSSR count). The first kappa shape index (κ1) is 16.2. The van der Waals surface area contributed by atoms with Crippen molar-refractivity contribution in [1.29, 1.82) is 0 Å². The van der Waals surface area contributed by atoms with Gasteiger partial charge in [-0.1, -0.05) is 19.1 Å². The molecule has 1 fully saturated rings. The second-order valence-corrected chi connectivity index (χ2v) is 7.44. The van der Waals surface area contributed by atoms with Crippen LogP contribution in [0.2, 0.25) is 0 Å². The molecule has 1 saturated heterocycles. The van der Waals surface area contributed by atoms with E-state index in [0.717, 1.165) is 23.5 Å². The maximum absolute atomic E-state index is 12.4. The quantitative estimate of drug-likeness (QED) is 0.878. The molecule has 1 aliphatic heterocycles. The highest BCUT2D eigenvalue weighted by Crippen LogP contribution is 2.23. The van der Waals surface area contributed by atoms with Crippen LogP contribution in [0.15, 0.2) is 30.3 Å². The highest BCUT2D eigenvalue weighted by molar-refractivity contribution is 7.14. The summed E-state index contributed by atoms with van der Waals surface area (Å²) in [6, 6.07) is 10.3. The summed E-state index contributed by atoms with van der Waals surface area (Å²) >= 11 is 1.57. The molecule has 0 spiro atoms. The third-order valence-corrected chi connectivity index (χ3v) is 5.53. The Labute approximate surface area is 142 Å². The zero-order valence-corrected chi connectivity index (χ0v) is 14.7. The molecule has 0 bridgehead atoms. The van der Waals surface area contributed by atoms with Gasteiger partial charge in [-0.2, -0.15) is 0 Å². The molecule has 2 heterocycles. The molecule has 1 amide bonds. The highest BCUT2D eigenvalue weighted by atomic mass is 32.1. The Hall–Kier alpha value is -1.65. The largest absolute Gasteiger partial charge is 0.321 e. The minimum Gasteiger partial charge on any atom is -0.321 e. The maximum atomic E-state index is 12.4. The SMILES string of the molecule is CCc1cc(C(=O)Nc2ccc(CN3CCCC3)cc2)sc1C. The van der Waals surface area contributed by atoms with E-state index in [4.69, 9.17) is 0 Å². The van der Waals surface area contributed by atoms with E-state index in [2.05, 4.69) is 36.2 Å². The molecule has 0 aliphatic carbocycles. The van der Waals surface area contributed by atoms with Crippen LogP contribution in [-0.4, -0.2) is 23.9 Å². The van der Waals surface area contributed by atoms with Gasteiger partial charge in [0.25, 0.3) is 5.91 Å². The Morgan fingerprint density at radius 2 is 1.91 bits per heavy atom. The van der Waals surface area contributed by atoms with Crippen molar-refractivity contribution in [3.05, 3.63) is 51.2 Å². The molecule has 0 unspecified atom stereocenters. The predicted molar refractivity (Wildman–Crippen MR) is 97.3 cm³/mol. The third kappa shape index (κ3) is 4.01. The van der Waals surface area contributed by atoms with Crippen molar-refractivity contribution in [2.75, 3.05) is 18.4 Å². The van der Waals surface area contributed by atoms with E-state index in [-0.39, 0.29) is 5.91 Å². The summed E-state index contributed by atoms with van der Waals surface area (Å²) in [4.78, 5) is 16.9. The van der Waals surface area contributed by atoms with Crippen LogP contribution >= 0.6 is 11.3 Å². The van der Waals surface area contributed by atoms with E-state index in [1.54, 1.807) is 11.3 Å². The minimum atomic E-state index is -0.00917. The van der Waals surface area contributed by atoms with Gasteiger partial charge in [0, 0.05) is 17.1 Å². The van der Waals surface area contributed by atoms with Gasteiger partial charge in [-0.3, -0.25) is 9.69 Å². The molecule has 0 atom stereocenters. The van der Waals surface area contributed by atoms with Crippen LogP contribution in [-0.2, 0) is 13.0 Å². The maximum Gasteiger partial charge on any atom is 0.265 e. The van der Waals surface area contributed by atoms with Gasteiger partial charge in [0.05, 0.1) is 4.88 Å². The smallest absolute Gasteiger partial charge is 0.265 e. The van der Waals surface area contributed by atoms with Gasteiger partial charge in [0.15, 0.2) is 0 Å². The van der Waals surface area contributed by atoms with Gasteiger partial charge >= 0.3 is 0 Å². The topological polar surface area (TPSA) is 32.3 Å². The lowest BCUT2D eigenvalue weighted by atomic mass is 10.2. The van der Waals surface area contributed by atoms with Crippen LogP contribution in [0, 0.1) is 6.92 Å². The van der Waals surface area contributed by atoms with Crippen molar-refractivity contribution in [2.45, 2.75) is 39.7 Å². The number of thiophene rings is 1. The molecule has 1 aromatic carbocycles. The summed E-state index contributed by atoms with van der Waals surface area (Å²) in [5.74, 6) is -0.00917. The van der Waals surface area contributed by atoms with E-state index in [1.807, 2.05) is 18.2 Å². The molecule has 122 valence electrons. The van der Waals surface area contributed by atoms with Gasteiger partial charge < -0.3 is 5.32 Å². The Morgan fingerprint density at radius 3 is 2.52 bits per heavy atom. The predicted octanol–water partition coefficient (Wildman–Crippen LogP) is 4.47. The molecule has 1 N–H and O–H groups in total. The normalized spacial score (nSPS) is 15.0. The summed E-state index contributed by atoms with van der Waals surface area (Å²) in [6.07, 6.45) is 3.60. The Kier molecular flexibility index (Phi) is 5.13. The van der Waals surface area contributed by atoms with Crippen LogP contribution < -0.4 is 5.32 Å². The van der Waals surface area contributed by atoms with Crippen LogP contribution in [0.4, 0.5) is 5.69 Å². The van der Waals surface area contributed by atoms with E-state index in [1.165, 1.54) is 41.9 Å². The van der Waals surface area contributed by atoms with Crippen molar-refractivity contribution in [3.8, 4) is 0 Å². The second kappa shape index (κ2) is 7.28. The van der Waals surface area contributed by atoms with E-state index >= 15 is 0 Å². The number of hydrogen-bond donors (Lipinski definition) is 1. The molecule has 1 aromatic heterocycles. The molecule has 2 aromatic rings. The summed E-state index contributed by atoms with van der Waals surface area (Å²) < 4.78 is 0. The number of anilines is 1. The summed E-state index contributed by atoms with van der Waals surface area (Å²) in [7, 11) is 0. The number of hydrogen-bond acceptors (Lipinski definition) is 3. The molecule has 1 aliphatic rings. The monoisotopic (exact) mass is 328 g/mol. The second-order valence-electron chi connectivity index (χ2n) is 6.18. The van der Waals surface area contributed by atoms with Crippen LogP contribution in [0.5, 0.6) is 0 Å². The number of nitrogens with one attached hydrogen (secondary N) is 1. The Morgan fingerprint density at radius 1 is 1.22 bits per heavy atom. The van der Waals surface area contributed by atoms with Crippen molar-refractivity contribution in [3.63, 3.8) is 0 Å². The fourth-order valence-electron chi connectivity index (χ4n) is 3.07. The number of likely N-dealkylation sites (tertiary alicyclic amines) is 1. The molecular formula is C19H24N2OS. The summed E-state index contributed by atoms with van der Waals surface area (Å²) in [5.41, 5.74) is 3.44. The highest BCUT2D eigenvalue weighted by Gasteiger charge is 2.13. The molecule has 23 heavy (non-hydrogen) atoms. The van der Waals surface area contributed by atoms with Crippen LogP contribution in [0.3, 0.4) is 0 Å². The summed E-state index contributed by atoms with van der Waals surface area (Å²) in [5, 5.41) is 3.00. The lowest BCUT2D eigenvalue weighted by Gasteiger charge is -2.14. The van der Waals surface area contributed by atoms with Crippen molar-refractivity contribution < 1.29 is 4.79 Å². The molecule has 0 radical (unpaired) electrons. The first-order chi connectivity index (χ1) is 11.2. The van der Waals surface area contributed by atoms with Crippen molar-refractivity contribution >= 4 is 22.9 Å². The van der Waals surface area contributed by atoms with Gasteiger partial charge in [-0.05, 0) is 68.6 Å². The van der Waals surface area contributed by atoms with Crippen LogP contribution in [0.1, 0.15) is 45.4 Å². The van der Waals surface area contributed by atoms with E-state index in [9.17, 15) is 4.79 Å². The number of amides is 1. The van der Waals surface area contributed by atoms with Gasteiger partial charge in [-0.15, -0.1) is 11.3 Å². The van der Waals surface area contributed by atoms with E-state index in [0.29, 0.717) is 0 Å². The average Bonchev–Trinajstić information content (AvgIpc) is 3.18. The molecule has 4 heteroatoms. The Bertz CT molecular complexity index is 669. The standard InChI is InChI=1S/C19H24N2OS/c1-3-16-12-18(23-14(16)2)19(22)20-17-8-6-15(7-9-17)13-21-10-4-5-11-21/h6-9,12H,3-5,10-11,13H2,1-2H3,(H,20,22). The van der Waals surface area contributed by atoms with E-state index < -0.39 is 0 Å². The number of rotatable bonds is 5. The summed E-state index contributed by atoms with van der Waals surface area (Å²) in [6.45, 7) is 7.62. The number of benzene rings is 1. The number of carbonyl (C=O) groups excluding carboxylic acids is 1. The first-order valence-corrected chi connectivity index (χ1v) is 9.19. The Balaban J connectivity index is 1.61. The zero-order valence-electron chi connectivity index (χ0n) is 13.9. The fraction of sp³-hybridized carbons (Fsp3) is 0.421. The van der Waals surface area contributed by atoms with Crippen molar-refractivity contribution in [1.82, 2.24) is 4.90 Å². The fourth-order valence-corrected chi connectivity index (χ4v) is 4.08. The van der Waals surface area contributed by atoms with Gasteiger partial charge in [-0.25, -0.2) is 0 Å². The zero-order chi connectivity index (χ0) is 16.2. The molecule has 0 saturated carbocycles. The van der Waals surface area contributed by atoms with Gasteiger partial charge in [0.2, 0.25) is 0 Å². The lowest BCUT2D eigenvalue weighted by Crippen LogP contribution is -2.18. The number of nitrogens with zero attached hydrogens (tertiary/aromatic N) is 1. The molecular weight excluding hydrogens is 304 g/mol. The lowest BCUT2D eigenvalue weighted by molar-refractivity contribution is 0.103.